The maximum absolute atomic E-state index is 11.1. The number of carbonyl (C=O) groups excluding carboxylic acids is 1. The fourth-order valence-corrected chi connectivity index (χ4v) is 1.45. The Balaban J connectivity index is 2.79. The van der Waals surface area contributed by atoms with E-state index in [4.69, 9.17) is 10.00 Å². The minimum Gasteiger partial charge on any atom is -0.497 e. The normalized spacial score (nSPS) is 9.13. The van der Waals surface area contributed by atoms with Gasteiger partial charge in [0.15, 0.2) is 0 Å². The van der Waals surface area contributed by atoms with Crippen LogP contribution in [-0.4, -0.2) is 13.0 Å². The van der Waals surface area contributed by atoms with E-state index < -0.39 is 0 Å². The molecule has 1 amide bonds. The topological polar surface area (TPSA) is 62.1 Å². The fraction of sp³-hybridized carbons (Fsp3) is 0.200. The highest BCUT2D eigenvalue weighted by molar-refractivity contribution is 9.10. The van der Waals surface area contributed by atoms with E-state index in [0.717, 1.165) is 0 Å². The van der Waals surface area contributed by atoms with Gasteiger partial charge in [0.25, 0.3) is 0 Å². The molecule has 0 spiro atoms. The zero-order chi connectivity index (χ0) is 11.3. The molecular weight excluding hydrogens is 260 g/mol. The van der Waals surface area contributed by atoms with E-state index >= 15 is 0 Å². The van der Waals surface area contributed by atoms with Gasteiger partial charge in [0.2, 0.25) is 5.91 Å². The minimum atomic E-state index is -0.330. The first kappa shape index (κ1) is 11.5. The number of anilines is 1. The number of benzene rings is 1. The molecule has 0 saturated heterocycles. The molecule has 0 aliphatic heterocycles. The number of amides is 1. The Labute approximate surface area is 96.0 Å². The van der Waals surface area contributed by atoms with E-state index in [1.807, 2.05) is 0 Å². The van der Waals surface area contributed by atoms with Gasteiger partial charge in [-0.1, -0.05) is 0 Å². The fourth-order valence-electron chi connectivity index (χ4n) is 0.990. The van der Waals surface area contributed by atoms with E-state index in [0.29, 0.717) is 15.9 Å². The zero-order valence-corrected chi connectivity index (χ0v) is 9.67. The molecule has 0 fully saturated rings. The lowest BCUT2D eigenvalue weighted by molar-refractivity contribution is -0.115. The van der Waals surface area contributed by atoms with Gasteiger partial charge in [-0.25, -0.2) is 0 Å². The highest BCUT2D eigenvalue weighted by Crippen LogP contribution is 2.27. The predicted octanol–water partition coefficient (Wildman–Crippen LogP) is 2.31. The molecule has 1 N–H and O–H groups in total. The first-order valence-electron chi connectivity index (χ1n) is 4.17. The molecule has 0 aromatic heterocycles. The van der Waals surface area contributed by atoms with Crippen LogP contribution in [0.1, 0.15) is 6.42 Å². The molecule has 0 atom stereocenters. The van der Waals surface area contributed by atoms with Crippen molar-refractivity contribution in [3.63, 3.8) is 0 Å². The van der Waals surface area contributed by atoms with Gasteiger partial charge in [0.05, 0.1) is 18.9 Å². The molecule has 4 nitrogen and oxygen atoms in total. The molecular formula is C10H9BrN2O2. The van der Waals surface area contributed by atoms with Gasteiger partial charge >= 0.3 is 0 Å². The lowest BCUT2D eigenvalue weighted by Crippen LogP contribution is -2.10. The number of hydrogen-bond donors (Lipinski definition) is 1. The van der Waals surface area contributed by atoms with Crippen LogP contribution in [0.4, 0.5) is 5.69 Å². The third-order valence-electron chi connectivity index (χ3n) is 1.69. The van der Waals surface area contributed by atoms with Crippen molar-refractivity contribution < 1.29 is 9.53 Å². The van der Waals surface area contributed by atoms with Gasteiger partial charge in [-0.05, 0) is 34.1 Å². The Morgan fingerprint density at radius 2 is 2.40 bits per heavy atom. The van der Waals surface area contributed by atoms with Crippen LogP contribution in [-0.2, 0) is 4.79 Å². The van der Waals surface area contributed by atoms with E-state index in [1.165, 1.54) is 0 Å². The third-order valence-corrected chi connectivity index (χ3v) is 2.35. The standard InChI is InChI=1S/C10H9BrN2O2/c1-15-7-2-3-9(8(11)6-7)13-10(14)4-5-12/h2-3,6H,4H2,1H3,(H,13,14). The summed E-state index contributed by atoms with van der Waals surface area (Å²) in [6, 6.07) is 6.95. The van der Waals surface area contributed by atoms with Crippen molar-refractivity contribution >= 4 is 27.5 Å². The smallest absolute Gasteiger partial charge is 0.238 e. The maximum Gasteiger partial charge on any atom is 0.238 e. The quantitative estimate of drug-likeness (QED) is 0.915. The van der Waals surface area contributed by atoms with E-state index in [-0.39, 0.29) is 12.3 Å². The van der Waals surface area contributed by atoms with Crippen molar-refractivity contribution in [1.82, 2.24) is 0 Å². The molecule has 1 rings (SSSR count). The Morgan fingerprint density at radius 1 is 1.67 bits per heavy atom. The van der Waals surface area contributed by atoms with Gasteiger partial charge in [-0.15, -0.1) is 0 Å². The first-order valence-corrected chi connectivity index (χ1v) is 4.97. The molecule has 15 heavy (non-hydrogen) atoms. The number of ether oxygens (including phenoxy) is 1. The average molecular weight is 269 g/mol. The minimum absolute atomic E-state index is 0.154. The van der Waals surface area contributed by atoms with Crippen molar-refractivity contribution in [3.8, 4) is 11.8 Å². The van der Waals surface area contributed by atoms with Crippen molar-refractivity contribution in [2.24, 2.45) is 0 Å². The van der Waals surface area contributed by atoms with Crippen LogP contribution < -0.4 is 10.1 Å². The number of carbonyl (C=O) groups is 1. The second kappa shape index (κ2) is 5.37. The Bertz CT molecular complexity index is 412. The van der Waals surface area contributed by atoms with E-state index in [1.54, 1.807) is 31.4 Å². The highest BCUT2D eigenvalue weighted by Gasteiger charge is 2.05. The second-order valence-corrected chi connectivity index (χ2v) is 3.58. The zero-order valence-electron chi connectivity index (χ0n) is 8.08. The third kappa shape index (κ3) is 3.26. The summed E-state index contributed by atoms with van der Waals surface area (Å²) in [6.07, 6.45) is -0.154. The van der Waals surface area contributed by atoms with Gasteiger partial charge in [0.1, 0.15) is 12.2 Å². The Kier molecular flexibility index (Phi) is 4.13. The van der Waals surface area contributed by atoms with Gasteiger partial charge in [0, 0.05) is 4.47 Å². The number of hydrogen-bond acceptors (Lipinski definition) is 3. The Hall–Kier alpha value is -1.54. The molecule has 5 heteroatoms. The lowest BCUT2D eigenvalue weighted by atomic mass is 10.3. The van der Waals surface area contributed by atoms with Crippen LogP contribution in [0.3, 0.4) is 0 Å². The van der Waals surface area contributed by atoms with Gasteiger partial charge < -0.3 is 10.1 Å². The molecule has 0 aliphatic rings. The van der Waals surface area contributed by atoms with Crippen LogP contribution in [0.2, 0.25) is 0 Å². The molecule has 0 heterocycles. The molecule has 1 aromatic carbocycles. The van der Waals surface area contributed by atoms with Gasteiger partial charge in [-0.3, -0.25) is 4.79 Å². The number of methoxy groups -OCH3 is 1. The van der Waals surface area contributed by atoms with Crippen LogP contribution >= 0.6 is 15.9 Å². The first-order chi connectivity index (χ1) is 7.17. The lowest BCUT2D eigenvalue weighted by Gasteiger charge is -2.07. The summed E-state index contributed by atoms with van der Waals surface area (Å²) >= 11 is 3.29. The van der Waals surface area contributed by atoms with Crippen LogP contribution in [0, 0.1) is 11.3 Å². The van der Waals surface area contributed by atoms with Crippen molar-refractivity contribution in [2.45, 2.75) is 6.42 Å². The number of nitrogens with zero attached hydrogens (tertiary/aromatic N) is 1. The van der Waals surface area contributed by atoms with Crippen LogP contribution in [0.25, 0.3) is 0 Å². The molecule has 0 aliphatic carbocycles. The molecule has 0 bridgehead atoms. The summed E-state index contributed by atoms with van der Waals surface area (Å²) in [5.74, 6) is 0.364. The van der Waals surface area contributed by atoms with Crippen LogP contribution in [0.5, 0.6) is 5.75 Å². The Morgan fingerprint density at radius 3 is 2.93 bits per heavy atom. The summed E-state index contributed by atoms with van der Waals surface area (Å²) in [5.41, 5.74) is 0.621. The second-order valence-electron chi connectivity index (χ2n) is 2.73. The largest absolute Gasteiger partial charge is 0.497 e. The summed E-state index contributed by atoms with van der Waals surface area (Å²) in [7, 11) is 1.57. The maximum atomic E-state index is 11.1. The molecule has 0 radical (unpaired) electrons. The molecule has 0 unspecified atom stereocenters. The highest BCUT2D eigenvalue weighted by atomic mass is 79.9. The number of halogens is 1. The van der Waals surface area contributed by atoms with Crippen LogP contribution in [0.15, 0.2) is 22.7 Å². The summed E-state index contributed by atoms with van der Waals surface area (Å²) in [6.45, 7) is 0. The van der Waals surface area contributed by atoms with Crippen molar-refractivity contribution in [2.75, 3.05) is 12.4 Å². The van der Waals surface area contributed by atoms with Crippen molar-refractivity contribution in [1.29, 1.82) is 5.26 Å². The average Bonchev–Trinajstić information content (AvgIpc) is 2.21. The number of nitriles is 1. The SMILES string of the molecule is COc1ccc(NC(=O)CC#N)c(Br)c1. The number of nitrogens with one attached hydrogen (secondary N) is 1. The summed E-state index contributed by atoms with van der Waals surface area (Å²) in [4.78, 5) is 11.1. The van der Waals surface area contributed by atoms with E-state index in [2.05, 4.69) is 21.2 Å². The summed E-state index contributed by atoms with van der Waals surface area (Å²) < 4.78 is 5.72. The van der Waals surface area contributed by atoms with Gasteiger partial charge in [-0.2, -0.15) is 5.26 Å². The van der Waals surface area contributed by atoms with E-state index in [9.17, 15) is 4.79 Å². The molecule has 0 saturated carbocycles. The monoisotopic (exact) mass is 268 g/mol. The van der Waals surface area contributed by atoms with Crippen molar-refractivity contribution in [3.05, 3.63) is 22.7 Å². The molecule has 1 aromatic rings. The summed E-state index contributed by atoms with van der Waals surface area (Å²) in [5, 5.41) is 10.9. The predicted molar refractivity (Wildman–Crippen MR) is 59.6 cm³/mol. The molecule has 78 valence electrons. The number of rotatable bonds is 3.